The molecule has 0 N–H and O–H groups in total. The molecule has 6 heteroatoms. The molecule has 0 bridgehead atoms. The highest BCUT2D eigenvalue weighted by atomic mass is 16.5. The number of methoxy groups -OCH3 is 1. The van der Waals surface area contributed by atoms with Crippen molar-refractivity contribution in [3.63, 3.8) is 0 Å². The Bertz CT molecular complexity index is 1100. The maximum atomic E-state index is 12.1. The van der Waals surface area contributed by atoms with Crippen molar-refractivity contribution >= 4 is 17.1 Å². The van der Waals surface area contributed by atoms with Gasteiger partial charge in [-0.1, -0.05) is 17.7 Å². The standard InChI is InChI=1S/C20H18N2O4/c1-12-5-4-6-14(9-12)19-21-15(13(2)26-19)11-22-16-7-8-25-18(16)10-17(22)20(23)24-3/h4-10H,11H2,1-3H3. The van der Waals surface area contributed by atoms with Crippen LogP contribution in [-0.4, -0.2) is 22.6 Å². The van der Waals surface area contributed by atoms with Crippen LogP contribution in [0.4, 0.5) is 0 Å². The highest BCUT2D eigenvalue weighted by Gasteiger charge is 2.20. The van der Waals surface area contributed by atoms with Crippen molar-refractivity contribution in [3.8, 4) is 11.5 Å². The van der Waals surface area contributed by atoms with Crippen molar-refractivity contribution in [2.45, 2.75) is 20.4 Å². The summed E-state index contributed by atoms with van der Waals surface area (Å²) in [6, 6.07) is 11.5. The Morgan fingerprint density at radius 1 is 1.23 bits per heavy atom. The van der Waals surface area contributed by atoms with E-state index in [9.17, 15) is 4.79 Å². The molecule has 0 saturated carbocycles. The van der Waals surface area contributed by atoms with Crippen molar-refractivity contribution in [2.75, 3.05) is 7.11 Å². The number of fused-ring (bicyclic) bond motifs is 1. The van der Waals surface area contributed by atoms with Gasteiger partial charge in [0.25, 0.3) is 0 Å². The number of ether oxygens (including phenoxy) is 1. The van der Waals surface area contributed by atoms with E-state index in [0.29, 0.717) is 29.5 Å². The van der Waals surface area contributed by atoms with Crippen LogP contribution in [0.5, 0.6) is 0 Å². The van der Waals surface area contributed by atoms with Gasteiger partial charge >= 0.3 is 5.97 Å². The lowest BCUT2D eigenvalue weighted by molar-refractivity contribution is 0.0589. The van der Waals surface area contributed by atoms with Gasteiger partial charge in [0.15, 0.2) is 5.58 Å². The topological polar surface area (TPSA) is 70.4 Å². The predicted molar refractivity (Wildman–Crippen MR) is 96.1 cm³/mol. The van der Waals surface area contributed by atoms with Crippen LogP contribution in [0.25, 0.3) is 22.6 Å². The zero-order chi connectivity index (χ0) is 18.3. The number of carbonyl (C=O) groups excluding carboxylic acids is 1. The first-order valence-corrected chi connectivity index (χ1v) is 8.25. The fraction of sp³-hybridized carbons (Fsp3) is 0.200. The van der Waals surface area contributed by atoms with Crippen LogP contribution in [0.3, 0.4) is 0 Å². The molecule has 26 heavy (non-hydrogen) atoms. The molecule has 0 aliphatic rings. The van der Waals surface area contributed by atoms with Crippen molar-refractivity contribution < 1.29 is 18.4 Å². The van der Waals surface area contributed by atoms with E-state index in [4.69, 9.17) is 13.6 Å². The minimum atomic E-state index is -0.420. The minimum Gasteiger partial charge on any atom is -0.464 e. The predicted octanol–water partition coefficient (Wildman–Crippen LogP) is 4.34. The van der Waals surface area contributed by atoms with Gasteiger partial charge in [-0.2, -0.15) is 0 Å². The van der Waals surface area contributed by atoms with Gasteiger partial charge in [0.2, 0.25) is 5.89 Å². The molecule has 0 spiro atoms. The average Bonchev–Trinajstić information content (AvgIpc) is 3.31. The largest absolute Gasteiger partial charge is 0.464 e. The zero-order valence-corrected chi connectivity index (χ0v) is 14.8. The first-order valence-electron chi connectivity index (χ1n) is 8.25. The summed E-state index contributed by atoms with van der Waals surface area (Å²) in [4.78, 5) is 16.8. The van der Waals surface area contributed by atoms with Gasteiger partial charge in [0, 0.05) is 17.7 Å². The van der Waals surface area contributed by atoms with E-state index in [-0.39, 0.29) is 0 Å². The van der Waals surface area contributed by atoms with Gasteiger partial charge in [0.05, 0.1) is 25.4 Å². The molecule has 0 unspecified atom stereocenters. The van der Waals surface area contributed by atoms with Gasteiger partial charge in [-0.25, -0.2) is 9.78 Å². The van der Waals surface area contributed by atoms with Crippen molar-refractivity contribution in [1.82, 2.24) is 9.55 Å². The summed E-state index contributed by atoms with van der Waals surface area (Å²) in [5.41, 5.74) is 4.67. The van der Waals surface area contributed by atoms with E-state index in [1.165, 1.54) is 7.11 Å². The number of aryl methyl sites for hydroxylation is 2. The molecule has 0 saturated heterocycles. The van der Waals surface area contributed by atoms with E-state index in [0.717, 1.165) is 22.3 Å². The summed E-state index contributed by atoms with van der Waals surface area (Å²) < 4.78 is 18.0. The van der Waals surface area contributed by atoms with Gasteiger partial charge in [-0.3, -0.25) is 0 Å². The SMILES string of the molecule is COC(=O)c1cc2occc2n1Cc1nc(-c2cccc(C)c2)oc1C. The molecule has 3 heterocycles. The number of furan rings is 1. The molecule has 3 aromatic heterocycles. The molecule has 0 aliphatic carbocycles. The third kappa shape index (κ3) is 2.69. The number of hydrogen-bond donors (Lipinski definition) is 0. The Hall–Kier alpha value is -3.28. The molecule has 0 atom stereocenters. The summed E-state index contributed by atoms with van der Waals surface area (Å²) in [7, 11) is 1.36. The molecule has 132 valence electrons. The van der Waals surface area contributed by atoms with E-state index in [1.54, 1.807) is 12.3 Å². The number of benzene rings is 1. The molecule has 1 aromatic carbocycles. The van der Waals surface area contributed by atoms with Crippen molar-refractivity contribution in [1.29, 1.82) is 0 Å². The van der Waals surface area contributed by atoms with Gasteiger partial charge < -0.3 is 18.1 Å². The fourth-order valence-electron chi connectivity index (χ4n) is 3.05. The quantitative estimate of drug-likeness (QED) is 0.512. The Labute approximate surface area is 150 Å². The molecular formula is C20H18N2O4. The van der Waals surface area contributed by atoms with Crippen LogP contribution in [0.2, 0.25) is 0 Å². The second-order valence-corrected chi connectivity index (χ2v) is 6.17. The lowest BCUT2D eigenvalue weighted by Gasteiger charge is -2.07. The van der Waals surface area contributed by atoms with Crippen LogP contribution in [0, 0.1) is 13.8 Å². The zero-order valence-electron chi connectivity index (χ0n) is 14.8. The number of carbonyl (C=O) groups is 1. The molecule has 0 fully saturated rings. The van der Waals surface area contributed by atoms with Crippen LogP contribution in [-0.2, 0) is 11.3 Å². The fourth-order valence-corrected chi connectivity index (χ4v) is 3.05. The van der Waals surface area contributed by atoms with Crippen LogP contribution >= 0.6 is 0 Å². The number of rotatable bonds is 4. The maximum absolute atomic E-state index is 12.1. The molecular weight excluding hydrogens is 332 g/mol. The Kier molecular flexibility index (Phi) is 3.88. The normalized spacial score (nSPS) is 11.2. The van der Waals surface area contributed by atoms with E-state index in [2.05, 4.69) is 4.98 Å². The summed E-state index contributed by atoms with van der Waals surface area (Å²) in [6.07, 6.45) is 1.59. The lowest BCUT2D eigenvalue weighted by Crippen LogP contribution is -2.12. The van der Waals surface area contributed by atoms with E-state index < -0.39 is 5.97 Å². The number of nitrogens with zero attached hydrogens (tertiary/aromatic N) is 2. The lowest BCUT2D eigenvalue weighted by atomic mass is 10.1. The summed E-state index contributed by atoms with van der Waals surface area (Å²) in [5, 5.41) is 0. The molecule has 0 radical (unpaired) electrons. The molecule has 6 nitrogen and oxygen atoms in total. The van der Waals surface area contributed by atoms with Crippen molar-refractivity contribution in [3.05, 3.63) is 65.4 Å². The Morgan fingerprint density at radius 3 is 2.85 bits per heavy atom. The highest BCUT2D eigenvalue weighted by Crippen LogP contribution is 2.26. The van der Waals surface area contributed by atoms with Crippen LogP contribution in [0.1, 0.15) is 27.5 Å². The number of esters is 1. The molecule has 4 rings (SSSR count). The van der Waals surface area contributed by atoms with Gasteiger partial charge in [-0.15, -0.1) is 0 Å². The smallest absolute Gasteiger partial charge is 0.354 e. The molecule has 4 aromatic rings. The van der Waals surface area contributed by atoms with E-state index in [1.807, 2.05) is 48.7 Å². The van der Waals surface area contributed by atoms with Crippen LogP contribution in [0.15, 0.2) is 51.5 Å². The van der Waals surface area contributed by atoms with Gasteiger partial charge in [0.1, 0.15) is 17.1 Å². The Balaban J connectivity index is 1.75. The van der Waals surface area contributed by atoms with Gasteiger partial charge in [-0.05, 0) is 26.0 Å². The third-order valence-electron chi connectivity index (χ3n) is 4.38. The first-order chi connectivity index (χ1) is 12.6. The second-order valence-electron chi connectivity index (χ2n) is 6.17. The van der Waals surface area contributed by atoms with E-state index >= 15 is 0 Å². The average molecular weight is 350 g/mol. The highest BCUT2D eigenvalue weighted by molar-refractivity contribution is 5.94. The molecule has 0 amide bonds. The summed E-state index contributed by atoms with van der Waals surface area (Å²) >= 11 is 0. The minimum absolute atomic E-state index is 0.384. The summed E-state index contributed by atoms with van der Waals surface area (Å²) in [5.74, 6) is 0.857. The van der Waals surface area contributed by atoms with Crippen LogP contribution < -0.4 is 0 Å². The number of oxazole rings is 1. The second kappa shape index (κ2) is 6.22. The Morgan fingerprint density at radius 2 is 2.08 bits per heavy atom. The maximum Gasteiger partial charge on any atom is 0.354 e. The molecule has 0 aliphatic heterocycles. The first kappa shape index (κ1) is 16.2. The third-order valence-corrected chi connectivity index (χ3v) is 4.38. The monoisotopic (exact) mass is 350 g/mol. The summed E-state index contributed by atoms with van der Waals surface area (Å²) in [6.45, 7) is 4.28. The van der Waals surface area contributed by atoms with Crippen molar-refractivity contribution in [2.24, 2.45) is 0 Å². The number of hydrogen-bond acceptors (Lipinski definition) is 5. The number of aromatic nitrogens is 2.